The van der Waals surface area contributed by atoms with Gasteiger partial charge in [-0.15, -0.1) is 6.58 Å². The van der Waals surface area contributed by atoms with Crippen LogP contribution in [0, 0.1) is 0 Å². The van der Waals surface area contributed by atoms with E-state index >= 15 is 0 Å². The summed E-state index contributed by atoms with van der Waals surface area (Å²) in [7, 11) is 0. The first kappa shape index (κ1) is 11.2. The number of halogens is 3. The Bertz CT molecular complexity index is 195. The van der Waals surface area contributed by atoms with Crippen molar-refractivity contribution in [1.82, 2.24) is 0 Å². The minimum atomic E-state index is -4.70. The number of rotatable bonds is 3. The summed E-state index contributed by atoms with van der Waals surface area (Å²) in [5.74, 6) is -1.08. The van der Waals surface area contributed by atoms with Gasteiger partial charge in [0, 0.05) is 6.42 Å². The monoisotopic (exact) mass is 181 g/mol. The molecule has 0 radical (unpaired) electrons. The number of nitrogens with two attached hydrogens (primary N) is 1. The Morgan fingerprint density at radius 2 is 2.00 bits per heavy atom. The highest BCUT2D eigenvalue weighted by Crippen LogP contribution is 2.29. The van der Waals surface area contributed by atoms with Crippen molar-refractivity contribution in [1.29, 1.82) is 0 Å². The molecule has 0 aliphatic rings. The van der Waals surface area contributed by atoms with E-state index in [2.05, 4.69) is 6.58 Å². The van der Waals surface area contributed by atoms with Crippen LogP contribution in [0.25, 0.3) is 0 Å². The van der Waals surface area contributed by atoms with E-state index in [1.54, 1.807) is 0 Å². The quantitative estimate of drug-likeness (QED) is 0.669. The Morgan fingerprint density at radius 1 is 1.58 bits per heavy atom. The van der Waals surface area contributed by atoms with E-state index in [1.165, 1.54) is 0 Å². The molecule has 1 unspecified atom stereocenters. The van der Waals surface area contributed by atoms with Crippen LogP contribution in [-0.4, -0.2) is 17.5 Å². The normalized spacial score (nSPS) is 16.8. The summed E-state index contributed by atoms with van der Waals surface area (Å²) in [5.41, 5.74) is 2.04. The molecule has 2 nitrogen and oxygen atoms in total. The second-order valence-corrected chi connectivity index (χ2v) is 2.62. The van der Waals surface area contributed by atoms with Gasteiger partial charge in [0.05, 0.1) is 0 Å². The molecule has 0 rings (SSSR count). The maximum absolute atomic E-state index is 12.0. The summed E-state index contributed by atoms with van der Waals surface area (Å²) in [6, 6.07) is 0. The van der Waals surface area contributed by atoms with E-state index in [4.69, 9.17) is 5.73 Å². The minimum absolute atomic E-state index is 0.369. The summed E-state index contributed by atoms with van der Waals surface area (Å²) in [4.78, 5) is 10.8. The molecule has 0 aromatic rings. The summed E-state index contributed by atoms with van der Waals surface area (Å²) >= 11 is 0. The van der Waals surface area contributed by atoms with Crippen LogP contribution in [0.3, 0.4) is 0 Å². The number of ketones is 1. The predicted octanol–water partition coefficient (Wildman–Crippen LogP) is 1.41. The van der Waals surface area contributed by atoms with Crippen LogP contribution in [-0.2, 0) is 4.79 Å². The molecule has 0 aromatic carbocycles. The highest BCUT2D eigenvalue weighted by atomic mass is 19.4. The van der Waals surface area contributed by atoms with E-state index in [0.29, 0.717) is 6.92 Å². The lowest BCUT2D eigenvalue weighted by Crippen LogP contribution is -2.56. The fourth-order valence-corrected chi connectivity index (χ4v) is 0.501. The van der Waals surface area contributed by atoms with Gasteiger partial charge in [0.15, 0.2) is 11.3 Å². The average molecular weight is 181 g/mol. The van der Waals surface area contributed by atoms with Gasteiger partial charge in [-0.2, -0.15) is 13.2 Å². The Balaban J connectivity index is 4.61. The van der Waals surface area contributed by atoms with E-state index < -0.39 is 17.5 Å². The molecular formula is C7H10F3NO. The molecule has 0 bridgehead atoms. The van der Waals surface area contributed by atoms with Gasteiger partial charge in [0.25, 0.3) is 0 Å². The van der Waals surface area contributed by atoms with Crippen LogP contribution in [0.4, 0.5) is 13.2 Å². The zero-order valence-electron chi connectivity index (χ0n) is 6.61. The summed E-state index contributed by atoms with van der Waals surface area (Å²) in [6.07, 6.45) is -3.97. The third-order valence-electron chi connectivity index (χ3n) is 1.50. The van der Waals surface area contributed by atoms with Gasteiger partial charge >= 0.3 is 6.18 Å². The number of carbonyl (C=O) groups is 1. The smallest absolute Gasteiger partial charge is 0.312 e. The van der Waals surface area contributed by atoms with Crippen molar-refractivity contribution in [2.45, 2.75) is 25.1 Å². The van der Waals surface area contributed by atoms with Crippen LogP contribution < -0.4 is 5.73 Å². The third-order valence-corrected chi connectivity index (χ3v) is 1.50. The van der Waals surface area contributed by atoms with Crippen molar-refractivity contribution in [2.24, 2.45) is 5.73 Å². The Hall–Kier alpha value is -0.840. The van der Waals surface area contributed by atoms with Gasteiger partial charge in [-0.25, -0.2) is 0 Å². The van der Waals surface area contributed by atoms with Gasteiger partial charge in [-0.3, -0.25) is 4.79 Å². The summed E-state index contributed by atoms with van der Waals surface area (Å²) in [6.45, 7) is 3.80. The first-order chi connectivity index (χ1) is 5.23. The molecule has 0 spiro atoms. The summed E-state index contributed by atoms with van der Waals surface area (Å²) in [5, 5.41) is 0. The molecule has 0 aromatic heterocycles. The third kappa shape index (κ3) is 2.07. The van der Waals surface area contributed by atoms with Gasteiger partial charge in [0.1, 0.15) is 0 Å². The van der Waals surface area contributed by atoms with Crippen molar-refractivity contribution in [3.8, 4) is 0 Å². The van der Waals surface area contributed by atoms with Gasteiger partial charge in [-0.05, 0) is 6.92 Å². The fraction of sp³-hybridized carbons (Fsp3) is 0.571. The van der Waals surface area contributed by atoms with Crippen LogP contribution in [0.5, 0.6) is 0 Å². The minimum Gasteiger partial charge on any atom is -0.312 e. The topological polar surface area (TPSA) is 43.1 Å². The molecule has 0 saturated heterocycles. The lowest BCUT2D eigenvalue weighted by Gasteiger charge is -2.25. The molecule has 1 atom stereocenters. The van der Waals surface area contributed by atoms with E-state index in [-0.39, 0.29) is 6.42 Å². The number of Topliss-reactive ketones (excluding diaryl/α,β-unsaturated/α-hetero) is 1. The Kier molecular flexibility index (Phi) is 3.04. The SMILES string of the molecule is C=CCC(=O)C(C)(N)C(F)(F)F. The van der Waals surface area contributed by atoms with Gasteiger partial charge in [0.2, 0.25) is 0 Å². The maximum Gasteiger partial charge on any atom is 0.413 e. The molecule has 0 amide bonds. The highest BCUT2D eigenvalue weighted by Gasteiger charge is 2.52. The van der Waals surface area contributed by atoms with Crippen molar-refractivity contribution in [3.63, 3.8) is 0 Å². The molecule has 0 aliphatic heterocycles. The fourth-order valence-electron chi connectivity index (χ4n) is 0.501. The van der Waals surface area contributed by atoms with Crippen LogP contribution in [0.15, 0.2) is 12.7 Å². The number of hydrogen-bond acceptors (Lipinski definition) is 2. The van der Waals surface area contributed by atoms with Gasteiger partial charge < -0.3 is 5.73 Å². The lowest BCUT2D eigenvalue weighted by molar-refractivity contribution is -0.185. The largest absolute Gasteiger partial charge is 0.413 e. The first-order valence-corrected chi connectivity index (χ1v) is 3.23. The zero-order valence-corrected chi connectivity index (χ0v) is 6.61. The first-order valence-electron chi connectivity index (χ1n) is 3.23. The molecule has 2 N–H and O–H groups in total. The standard InChI is InChI=1S/C7H10F3NO/c1-3-4-5(12)6(2,11)7(8,9)10/h3H,1,4,11H2,2H3. The van der Waals surface area contributed by atoms with E-state index in [0.717, 1.165) is 6.08 Å². The van der Waals surface area contributed by atoms with Crippen molar-refractivity contribution < 1.29 is 18.0 Å². The predicted molar refractivity (Wildman–Crippen MR) is 38.5 cm³/mol. The van der Waals surface area contributed by atoms with Crippen LogP contribution in [0.2, 0.25) is 0 Å². The molecule has 5 heteroatoms. The van der Waals surface area contributed by atoms with Gasteiger partial charge in [-0.1, -0.05) is 6.08 Å². The van der Waals surface area contributed by atoms with E-state index in [9.17, 15) is 18.0 Å². The van der Waals surface area contributed by atoms with Crippen molar-refractivity contribution in [3.05, 3.63) is 12.7 Å². The maximum atomic E-state index is 12.0. The lowest BCUT2D eigenvalue weighted by atomic mass is 9.95. The van der Waals surface area contributed by atoms with Crippen molar-refractivity contribution >= 4 is 5.78 Å². The van der Waals surface area contributed by atoms with Crippen molar-refractivity contribution in [2.75, 3.05) is 0 Å². The van der Waals surface area contributed by atoms with Crippen LogP contribution in [0.1, 0.15) is 13.3 Å². The average Bonchev–Trinajstić information content (AvgIpc) is 1.85. The Labute approximate surface area is 68.2 Å². The second-order valence-electron chi connectivity index (χ2n) is 2.62. The second kappa shape index (κ2) is 3.26. The molecule has 0 saturated carbocycles. The van der Waals surface area contributed by atoms with Crippen LogP contribution >= 0.6 is 0 Å². The highest BCUT2D eigenvalue weighted by molar-refractivity contribution is 5.89. The molecule has 12 heavy (non-hydrogen) atoms. The summed E-state index contributed by atoms with van der Waals surface area (Å²) < 4.78 is 36.1. The molecule has 0 heterocycles. The van der Waals surface area contributed by atoms with E-state index in [1.807, 2.05) is 0 Å². The zero-order chi connectivity index (χ0) is 9.99. The Morgan fingerprint density at radius 3 is 2.25 bits per heavy atom. The molecular weight excluding hydrogens is 171 g/mol. The molecule has 0 fully saturated rings. The molecule has 0 aliphatic carbocycles. The number of carbonyl (C=O) groups excluding carboxylic acids is 1. The number of hydrogen-bond donors (Lipinski definition) is 1. The number of alkyl halides is 3. The molecule has 70 valence electrons. The number of allylic oxidation sites excluding steroid dienone is 1.